The molecule has 0 aliphatic carbocycles. The molecule has 1 N–H and O–H groups in total. The molecule has 1 aliphatic heterocycles. The molecule has 0 spiro atoms. The third-order valence-corrected chi connectivity index (χ3v) is 6.30. The van der Waals surface area contributed by atoms with E-state index in [1.54, 1.807) is 0 Å². The number of rotatable bonds is 6. The van der Waals surface area contributed by atoms with Crippen LogP contribution >= 0.6 is 11.3 Å². The summed E-state index contributed by atoms with van der Waals surface area (Å²) in [6.45, 7) is 8.37. The summed E-state index contributed by atoms with van der Waals surface area (Å²) < 4.78 is 5.38. The second kappa shape index (κ2) is 9.34. The van der Waals surface area contributed by atoms with Gasteiger partial charge in [-0.15, -0.1) is 11.3 Å². The lowest BCUT2D eigenvalue weighted by atomic mass is 9.95. The number of anilines is 1. The van der Waals surface area contributed by atoms with Gasteiger partial charge in [0.25, 0.3) is 5.91 Å². The van der Waals surface area contributed by atoms with E-state index in [-0.39, 0.29) is 17.7 Å². The largest absolute Gasteiger partial charge is 0.378 e. The van der Waals surface area contributed by atoms with Crippen LogP contribution in [0.5, 0.6) is 0 Å². The highest BCUT2D eigenvalue weighted by molar-refractivity contribution is 7.16. The fourth-order valence-corrected chi connectivity index (χ4v) is 4.84. The Balaban J connectivity index is 1.89. The number of carbonyl (C=O) groups excluding carboxylic acids is 2. The summed E-state index contributed by atoms with van der Waals surface area (Å²) in [5.41, 5.74) is 2.68. The number of morpholine rings is 1. The van der Waals surface area contributed by atoms with E-state index in [2.05, 4.69) is 12.2 Å². The molecule has 6 heteroatoms. The first-order chi connectivity index (χ1) is 13.6. The maximum atomic E-state index is 13.2. The number of hydrogen-bond acceptors (Lipinski definition) is 4. The monoisotopic (exact) mass is 400 g/mol. The standard InChI is InChI=1S/C22H28N2O3S/c1-4-17-15(3)28-21(19(17)22(26)24-11-13-27-14-12-24)23-20(25)18(5-2)16-9-7-6-8-10-16/h6-10,18H,4-5,11-14H2,1-3H3,(H,23,25)/t18-/m0/s1. The number of nitrogens with zero attached hydrogens (tertiary/aromatic N) is 1. The Bertz CT molecular complexity index is 826. The van der Waals surface area contributed by atoms with Gasteiger partial charge in [0.1, 0.15) is 5.00 Å². The lowest BCUT2D eigenvalue weighted by Gasteiger charge is -2.27. The Kier molecular flexibility index (Phi) is 6.86. The number of amides is 2. The minimum absolute atomic E-state index is 0.00689. The third-order valence-electron chi connectivity index (χ3n) is 5.24. The van der Waals surface area contributed by atoms with Crippen molar-refractivity contribution in [2.24, 2.45) is 0 Å². The van der Waals surface area contributed by atoms with Gasteiger partial charge >= 0.3 is 0 Å². The van der Waals surface area contributed by atoms with Crippen molar-refractivity contribution in [3.8, 4) is 0 Å². The summed E-state index contributed by atoms with van der Waals surface area (Å²) in [5, 5.41) is 3.75. The number of nitrogens with one attached hydrogen (secondary N) is 1. The van der Waals surface area contributed by atoms with E-state index in [0.29, 0.717) is 43.3 Å². The number of hydrogen-bond donors (Lipinski definition) is 1. The van der Waals surface area contributed by atoms with E-state index in [9.17, 15) is 9.59 Å². The predicted molar refractivity (Wildman–Crippen MR) is 113 cm³/mol. The van der Waals surface area contributed by atoms with Crippen LogP contribution in [0.15, 0.2) is 30.3 Å². The molecule has 0 unspecified atom stereocenters. The predicted octanol–water partition coefficient (Wildman–Crippen LogP) is 4.22. The fraction of sp³-hybridized carbons (Fsp3) is 0.455. The second-order valence-corrected chi connectivity index (χ2v) is 8.18. The van der Waals surface area contributed by atoms with Crippen LogP contribution in [0.3, 0.4) is 0 Å². The number of benzene rings is 1. The van der Waals surface area contributed by atoms with Gasteiger partial charge in [0.2, 0.25) is 5.91 Å². The average molecular weight is 401 g/mol. The van der Waals surface area contributed by atoms with E-state index >= 15 is 0 Å². The Morgan fingerprint density at radius 2 is 1.86 bits per heavy atom. The minimum Gasteiger partial charge on any atom is -0.378 e. The van der Waals surface area contributed by atoms with Crippen molar-refractivity contribution < 1.29 is 14.3 Å². The van der Waals surface area contributed by atoms with Crippen LogP contribution in [0.1, 0.15) is 52.5 Å². The molecular weight excluding hydrogens is 372 g/mol. The molecule has 1 saturated heterocycles. The van der Waals surface area contributed by atoms with E-state index < -0.39 is 0 Å². The van der Waals surface area contributed by atoms with E-state index in [0.717, 1.165) is 22.4 Å². The van der Waals surface area contributed by atoms with E-state index in [4.69, 9.17) is 4.74 Å². The van der Waals surface area contributed by atoms with Crippen molar-refractivity contribution in [1.82, 2.24) is 4.90 Å². The van der Waals surface area contributed by atoms with Gasteiger partial charge in [0.05, 0.1) is 24.7 Å². The highest BCUT2D eigenvalue weighted by Crippen LogP contribution is 2.35. The minimum atomic E-state index is -0.236. The molecule has 0 bridgehead atoms. The molecule has 0 radical (unpaired) electrons. The number of carbonyl (C=O) groups is 2. The van der Waals surface area contributed by atoms with Crippen LogP contribution in [0, 0.1) is 6.92 Å². The molecule has 1 aromatic heterocycles. The van der Waals surface area contributed by atoms with Gasteiger partial charge < -0.3 is 15.0 Å². The van der Waals surface area contributed by atoms with Crippen molar-refractivity contribution >= 4 is 28.2 Å². The van der Waals surface area contributed by atoms with Crippen LogP contribution in [0.4, 0.5) is 5.00 Å². The first kappa shape index (κ1) is 20.6. The zero-order chi connectivity index (χ0) is 20.1. The van der Waals surface area contributed by atoms with Crippen molar-refractivity contribution in [2.45, 2.75) is 39.5 Å². The molecule has 150 valence electrons. The van der Waals surface area contributed by atoms with Crippen LogP contribution in [0.25, 0.3) is 0 Å². The zero-order valence-corrected chi connectivity index (χ0v) is 17.6. The Morgan fingerprint density at radius 3 is 2.46 bits per heavy atom. The number of thiophene rings is 1. The molecule has 5 nitrogen and oxygen atoms in total. The summed E-state index contributed by atoms with van der Waals surface area (Å²) in [6, 6.07) is 9.80. The van der Waals surface area contributed by atoms with Crippen molar-refractivity contribution in [1.29, 1.82) is 0 Å². The van der Waals surface area contributed by atoms with Gasteiger partial charge in [0.15, 0.2) is 0 Å². The molecule has 3 rings (SSSR count). The van der Waals surface area contributed by atoms with Gasteiger partial charge in [0, 0.05) is 18.0 Å². The van der Waals surface area contributed by atoms with Crippen LogP contribution in [-0.2, 0) is 16.0 Å². The van der Waals surface area contributed by atoms with Crippen LogP contribution < -0.4 is 5.32 Å². The highest BCUT2D eigenvalue weighted by atomic mass is 32.1. The van der Waals surface area contributed by atoms with Crippen molar-refractivity contribution in [3.05, 3.63) is 51.9 Å². The Hall–Kier alpha value is -2.18. The van der Waals surface area contributed by atoms with Crippen LogP contribution in [-0.4, -0.2) is 43.0 Å². The zero-order valence-electron chi connectivity index (χ0n) is 16.8. The molecule has 1 aliphatic rings. The molecule has 1 aromatic carbocycles. The summed E-state index contributed by atoms with van der Waals surface area (Å²) in [7, 11) is 0. The van der Waals surface area contributed by atoms with Crippen molar-refractivity contribution in [2.75, 3.05) is 31.6 Å². The molecule has 2 aromatic rings. The normalized spacial score (nSPS) is 15.3. The van der Waals surface area contributed by atoms with E-state index in [1.165, 1.54) is 11.3 Å². The highest BCUT2D eigenvalue weighted by Gasteiger charge is 2.28. The summed E-state index contributed by atoms with van der Waals surface area (Å²) in [6.07, 6.45) is 1.47. The summed E-state index contributed by atoms with van der Waals surface area (Å²) in [5.74, 6) is -0.304. The lowest BCUT2D eigenvalue weighted by Crippen LogP contribution is -2.41. The lowest BCUT2D eigenvalue weighted by molar-refractivity contribution is -0.117. The fourth-order valence-electron chi connectivity index (χ4n) is 3.70. The second-order valence-electron chi connectivity index (χ2n) is 6.96. The molecule has 1 fully saturated rings. The maximum absolute atomic E-state index is 13.2. The molecule has 2 heterocycles. The number of aryl methyl sites for hydroxylation is 1. The van der Waals surface area contributed by atoms with Gasteiger partial charge in [-0.3, -0.25) is 9.59 Å². The molecule has 2 amide bonds. The quantitative estimate of drug-likeness (QED) is 0.790. The summed E-state index contributed by atoms with van der Waals surface area (Å²) >= 11 is 1.50. The molecule has 1 atom stereocenters. The third kappa shape index (κ3) is 4.28. The van der Waals surface area contributed by atoms with Crippen LogP contribution in [0.2, 0.25) is 0 Å². The van der Waals surface area contributed by atoms with Gasteiger partial charge in [-0.25, -0.2) is 0 Å². The van der Waals surface area contributed by atoms with E-state index in [1.807, 2.05) is 49.1 Å². The van der Waals surface area contributed by atoms with Gasteiger partial charge in [-0.1, -0.05) is 44.2 Å². The maximum Gasteiger partial charge on any atom is 0.257 e. The van der Waals surface area contributed by atoms with Gasteiger partial charge in [-0.2, -0.15) is 0 Å². The first-order valence-corrected chi connectivity index (χ1v) is 10.7. The smallest absolute Gasteiger partial charge is 0.257 e. The SMILES string of the molecule is CCc1c(C)sc(NC(=O)[C@@H](CC)c2ccccc2)c1C(=O)N1CCOCC1. The molecule has 0 saturated carbocycles. The summed E-state index contributed by atoms with van der Waals surface area (Å²) in [4.78, 5) is 29.2. The molecular formula is C22H28N2O3S. The first-order valence-electron chi connectivity index (χ1n) is 9.91. The Morgan fingerprint density at radius 1 is 1.18 bits per heavy atom. The Labute approximate surface area is 170 Å². The number of ether oxygens (including phenoxy) is 1. The average Bonchev–Trinajstić information content (AvgIpc) is 3.04. The topological polar surface area (TPSA) is 58.6 Å². The van der Waals surface area contributed by atoms with Crippen molar-refractivity contribution in [3.63, 3.8) is 0 Å². The van der Waals surface area contributed by atoms with Gasteiger partial charge in [-0.05, 0) is 30.9 Å². The molecule has 28 heavy (non-hydrogen) atoms.